The molecule has 0 bridgehead atoms. The van der Waals surface area contributed by atoms with Crippen LogP contribution in [0.4, 0.5) is 5.69 Å². The molecule has 0 atom stereocenters. The number of amides is 1. The summed E-state index contributed by atoms with van der Waals surface area (Å²) in [6.45, 7) is 1.87. The van der Waals surface area contributed by atoms with E-state index in [1.165, 1.54) is 0 Å². The summed E-state index contributed by atoms with van der Waals surface area (Å²) < 4.78 is 0. The molecule has 1 aromatic rings. The lowest BCUT2D eigenvalue weighted by atomic mass is 10.1. The van der Waals surface area contributed by atoms with Crippen molar-refractivity contribution >= 4 is 12.1 Å². The first kappa shape index (κ1) is 8.28. The molecule has 0 radical (unpaired) electrons. The molecule has 12 heavy (non-hydrogen) atoms. The van der Waals surface area contributed by atoms with Crippen molar-refractivity contribution in [2.24, 2.45) is 0 Å². The topological polar surface area (TPSA) is 52.9 Å². The smallest absolute Gasteiger partial charge is 0.211 e. The molecule has 60 valence electrons. The van der Waals surface area contributed by atoms with E-state index in [2.05, 4.69) is 5.32 Å². The number of hydrogen-bond acceptors (Lipinski definition) is 2. The van der Waals surface area contributed by atoms with Crippen LogP contribution in [0, 0.1) is 18.3 Å². The van der Waals surface area contributed by atoms with E-state index in [0.29, 0.717) is 17.7 Å². The number of benzene rings is 1. The zero-order valence-electron chi connectivity index (χ0n) is 6.66. The van der Waals surface area contributed by atoms with Gasteiger partial charge in [0, 0.05) is 5.69 Å². The molecule has 0 aliphatic carbocycles. The number of nitrogens with zero attached hydrogens (tertiary/aromatic N) is 1. The predicted octanol–water partition coefficient (Wildman–Crippen LogP) is 1.43. The Hall–Kier alpha value is -1.82. The molecule has 1 rings (SSSR count). The van der Waals surface area contributed by atoms with Gasteiger partial charge in [-0.1, -0.05) is 6.07 Å². The molecule has 1 aromatic carbocycles. The molecule has 1 N–H and O–H groups in total. The van der Waals surface area contributed by atoms with Crippen LogP contribution in [0.1, 0.15) is 11.1 Å². The summed E-state index contributed by atoms with van der Waals surface area (Å²) in [5.74, 6) is 0. The minimum Gasteiger partial charge on any atom is -0.328 e. The Morgan fingerprint density at radius 1 is 1.58 bits per heavy atom. The molecule has 0 aliphatic rings. The molecule has 3 heteroatoms. The highest BCUT2D eigenvalue weighted by Gasteiger charge is 1.97. The average Bonchev–Trinajstić information content (AvgIpc) is 2.09. The summed E-state index contributed by atoms with van der Waals surface area (Å²) in [6, 6.07) is 7.15. The molecule has 0 unspecified atom stereocenters. The summed E-state index contributed by atoms with van der Waals surface area (Å²) in [4.78, 5) is 10.1. The molecule has 0 saturated heterocycles. The lowest BCUT2D eigenvalue weighted by Crippen LogP contribution is -1.96. The zero-order valence-corrected chi connectivity index (χ0v) is 6.66. The van der Waals surface area contributed by atoms with Gasteiger partial charge in [0.15, 0.2) is 0 Å². The first-order valence-electron chi connectivity index (χ1n) is 3.49. The Kier molecular flexibility index (Phi) is 2.44. The zero-order chi connectivity index (χ0) is 8.97. The third-order valence-electron chi connectivity index (χ3n) is 1.58. The average molecular weight is 160 g/mol. The van der Waals surface area contributed by atoms with E-state index in [-0.39, 0.29) is 0 Å². The number of nitrogens with one attached hydrogen (secondary N) is 1. The fourth-order valence-corrected chi connectivity index (χ4v) is 0.911. The van der Waals surface area contributed by atoms with E-state index < -0.39 is 0 Å². The van der Waals surface area contributed by atoms with Crippen molar-refractivity contribution in [1.29, 1.82) is 5.26 Å². The number of rotatable bonds is 2. The lowest BCUT2D eigenvalue weighted by Gasteiger charge is -2.02. The van der Waals surface area contributed by atoms with Gasteiger partial charge >= 0.3 is 0 Å². The molecule has 0 saturated carbocycles. The molecule has 0 heterocycles. The van der Waals surface area contributed by atoms with Crippen molar-refractivity contribution in [3.63, 3.8) is 0 Å². The summed E-state index contributed by atoms with van der Waals surface area (Å²) in [5, 5.41) is 11.1. The lowest BCUT2D eigenvalue weighted by molar-refractivity contribution is -0.105. The van der Waals surface area contributed by atoms with Crippen molar-refractivity contribution in [2.75, 3.05) is 5.32 Å². The summed E-state index contributed by atoms with van der Waals surface area (Å²) >= 11 is 0. The van der Waals surface area contributed by atoms with Crippen LogP contribution in [0.2, 0.25) is 0 Å². The molecular weight excluding hydrogens is 152 g/mol. The first-order chi connectivity index (χ1) is 5.77. The van der Waals surface area contributed by atoms with Crippen LogP contribution in [0.15, 0.2) is 18.2 Å². The van der Waals surface area contributed by atoms with E-state index in [1.54, 1.807) is 18.2 Å². The maximum absolute atomic E-state index is 10.1. The number of anilines is 1. The third kappa shape index (κ3) is 1.61. The Balaban J connectivity index is 3.09. The molecular formula is C9H8N2O. The van der Waals surface area contributed by atoms with Gasteiger partial charge in [-0.25, -0.2) is 0 Å². The van der Waals surface area contributed by atoms with Gasteiger partial charge in [-0.15, -0.1) is 0 Å². The van der Waals surface area contributed by atoms with E-state index in [1.807, 2.05) is 13.0 Å². The van der Waals surface area contributed by atoms with Gasteiger partial charge in [0.05, 0.1) is 11.6 Å². The summed E-state index contributed by atoms with van der Waals surface area (Å²) in [5.41, 5.74) is 2.18. The summed E-state index contributed by atoms with van der Waals surface area (Å²) in [6.07, 6.45) is 0.601. The van der Waals surface area contributed by atoms with Crippen LogP contribution in [0.25, 0.3) is 0 Å². The SMILES string of the molecule is Cc1ccc(C#N)cc1NC=O. The Labute approximate surface area is 70.6 Å². The highest BCUT2D eigenvalue weighted by Crippen LogP contribution is 2.15. The maximum Gasteiger partial charge on any atom is 0.211 e. The number of carbonyl (C=O) groups excluding carboxylic acids is 1. The van der Waals surface area contributed by atoms with E-state index in [4.69, 9.17) is 5.26 Å². The third-order valence-corrected chi connectivity index (χ3v) is 1.58. The van der Waals surface area contributed by atoms with Crippen LogP contribution < -0.4 is 5.32 Å². The molecule has 1 amide bonds. The van der Waals surface area contributed by atoms with Crippen molar-refractivity contribution in [2.45, 2.75) is 6.92 Å². The maximum atomic E-state index is 10.1. The normalized spacial score (nSPS) is 8.67. The van der Waals surface area contributed by atoms with Gasteiger partial charge in [-0.05, 0) is 24.6 Å². The molecule has 0 spiro atoms. The predicted molar refractivity (Wildman–Crippen MR) is 45.6 cm³/mol. The van der Waals surface area contributed by atoms with Crippen molar-refractivity contribution in [3.8, 4) is 6.07 Å². The number of hydrogen-bond donors (Lipinski definition) is 1. The van der Waals surface area contributed by atoms with Crippen LogP contribution >= 0.6 is 0 Å². The molecule has 0 fully saturated rings. The second-order valence-electron chi connectivity index (χ2n) is 2.40. The van der Waals surface area contributed by atoms with E-state index in [9.17, 15) is 4.79 Å². The number of carbonyl (C=O) groups is 1. The standard InChI is InChI=1S/C9H8N2O/c1-7-2-3-8(5-10)4-9(7)11-6-12/h2-4,6H,1H3,(H,11,12). The second-order valence-corrected chi connectivity index (χ2v) is 2.40. The fraction of sp³-hybridized carbons (Fsp3) is 0.111. The Morgan fingerprint density at radius 3 is 2.92 bits per heavy atom. The quantitative estimate of drug-likeness (QED) is 0.665. The van der Waals surface area contributed by atoms with Crippen molar-refractivity contribution < 1.29 is 4.79 Å². The van der Waals surface area contributed by atoms with E-state index >= 15 is 0 Å². The minimum absolute atomic E-state index is 0.546. The second kappa shape index (κ2) is 3.54. The van der Waals surface area contributed by atoms with Crippen LogP contribution in [-0.4, -0.2) is 6.41 Å². The van der Waals surface area contributed by atoms with Gasteiger partial charge in [0.1, 0.15) is 0 Å². The Bertz CT molecular complexity index is 339. The van der Waals surface area contributed by atoms with Gasteiger partial charge in [0.2, 0.25) is 6.41 Å². The minimum atomic E-state index is 0.546. The molecule has 3 nitrogen and oxygen atoms in total. The number of aryl methyl sites for hydroxylation is 1. The van der Waals surface area contributed by atoms with Gasteiger partial charge in [0.25, 0.3) is 0 Å². The van der Waals surface area contributed by atoms with Crippen molar-refractivity contribution in [3.05, 3.63) is 29.3 Å². The van der Waals surface area contributed by atoms with Crippen LogP contribution in [-0.2, 0) is 4.79 Å². The van der Waals surface area contributed by atoms with Crippen LogP contribution in [0.3, 0.4) is 0 Å². The van der Waals surface area contributed by atoms with Gasteiger partial charge < -0.3 is 5.32 Å². The van der Waals surface area contributed by atoms with Gasteiger partial charge in [-0.2, -0.15) is 5.26 Å². The highest BCUT2D eigenvalue weighted by molar-refractivity contribution is 5.74. The van der Waals surface area contributed by atoms with Crippen LogP contribution in [0.5, 0.6) is 0 Å². The fourth-order valence-electron chi connectivity index (χ4n) is 0.911. The number of nitriles is 1. The molecule has 0 aromatic heterocycles. The van der Waals surface area contributed by atoms with Gasteiger partial charge in [-0.3, -0.25) is 4.79 Å². The summed E-state index contributed by atoms with van der Waals surface area (Å²) in [7, 11) is 0. The van der Waals surface area contributed by atoms with E-state index in [0.717, 1.165) is 5.56 Å². The first-order valence-corrected chi connectivity index (χ1v) is 3.49. The monoisotopic (exact) mass is 160 g/mol. The Morgan fingerprint density at radius 2 is 2.33 bits per heavy atom. The highest BCUT2D eigenvalue weighted by atomic mass is 16.1. The largest absolute Gasteiger partial charge is 0.328 e. The van der Waals surface area contributed by atoms with Crippen molar-refractivity contribution in [1.82, 2.24) is 0 Å². The molecule has 0 aliphatic heterocycles.